The third-order valence-electron chi connectivity index (χ3n) is 3.32. The fourth-order valence-corrected chi connectivity index (χ4v) is 2.21. The van der Waals surface area contributed by atoms with Gasteiger partial charge in [0, 0.05) is 26.2 Å². The van der Waals surface area contributed by atoms with Crippen LogP contribution in [0.1, 0.15) is 46.0 Å². The highest BCUT2D eigenvalue weighted by molar-refractivity contribution is 14.0. The Morgan fingerprint density at radius 3 is 2.44 bits per heavy atom. The number of hydrogen-bond acceptors (Lipinski definition) is 2. The first-order chi connectivity index (χ1) is 8.27. The number of nitrogens with two attached hydrogens (primary N) is 1. The van der Waals surface area contributed by atoms with Crippen molar-refractivity contribution in [1.29, 1.82) is 0 Å². The van der Waals surface area contributed by atoms with E-state index in [1.165, 1.54) is 25.7 Å². The van der Waals surface area contributed by atoms with Crippen LogP contribution in [0.4, 0.5) is 0 Å². The summed E-state index contributed by atoms with van der Waals surface area (Å²) in [5.74, 6) is 0.663. The van der Waals surface area contributed by atoms with Gasteiger partial charge in [0.1, 0.15) is 0 Å². The van der Waals surface area contributed by atoms with Crippen molar-refractivity contribution < 1.29 is 4.74 Å². The molecule has 0 spiro atoms. The maximum absolute atomic E-state index is 5.88. The van der Waals surface area contributed by atoms with Crippen LogP contribution in [0.2, 0.25) is 0 Å². The molecule has 0 radical (unpaired) electrons. The van der Waals surface area contributed by atoms with E-state index in [4.69, 9.17) is 10.5 Å². The molecule has 0 bridgehead atoms. The molecule has 1 fully saturated rings. The second kappa shape index (κ2) is 10.8. The number of guanidine groups is 1. The van der Waals surface area contributed by atoms with Gasteiger partial charge in [0.05, 0.1) is 6.10 Å². The molecule has 18 heavy (non-hydrogen) atoms. The largest absolute Gasteiger partial charge is 0.378 e. The molecule has 1 saturated carbocycles. The predicted octanol–water partition coefficient (Wildman–Crippen LogP) is 2.61. The predicted molar refractivity (Wildman–Crippen MR) is 87.7 cm³/mol. The molecule has 108 valence electrons. The maximum atomic E-state index is 5.88. The van der Waals surface area contributed by atoms with E-state index < -0.39 is 0 Å². The van der Waals surface area contributed by atoms with Gasteiger partial charge in [-0.05, 0) is 33.1 Å². The maximum Gasteiger partial charge on any atom is 0.191 e. The smallest absolute Gasteiger partial charge is 0.191 e. The average Bonchev–Trinajstić information content (AvgIpc) is 2.83. The van der Waals surface area contributed by atoms with Crippen molar-refractivity contribution in [3.8, 4) is 0 Å². The number of hydrogen-bond donors (Lipinski definition) is 1. The molecule has 0 amide bonds. The molecule has 1 aliphatic carbocycles. The third-order valence-corrected chi connectivity index (χ3v) is 3.32. The molecular formula is C13H28IN3O. The zero-order valence-corrected chi connectivity index (χ0v) is 14.1. The highest BCUT2D eigenvalue weighted by Crippen LogP contribution is 2.20. The third kappa shape index (κ3) is 6.78. The molecule has 0 atom stereocenters. The van der Waals surface area contributed by atoms with E-state index in [2.05, 4.69) is 23.7 Å². The number of aliphatic imine (C=N–C) groups is 1. The van der Waals surface area contributed by atoms with Gasteiger partial charge in [0.25, 0.3) is 0 Å². The minimum absolute atomic E-state index is 0. The normalized spacial score (nSPS) is 16.7. The Labute approximate surface area is 128 Å². The number of rotatable bonds is 7. The standard InChI is InChI=1S/C13H27N3O.HI/c1-3-16(4-2)13(14)15-10-7-11-17-12-8-5-6-9-12;/h12H,3-11H2,1-2H3,(H2,14,15);1H. The van der Waals surface area contributed by atoms with Gasteiger partial charge in [0.15, 0.2) is 5.96 Å². The van der Waals surface area contributed by atoms with Gasteiger partial charge in [-0.1, -0.05) is 12.8 Å². The summed E-state index contributed by atoms with van der Waals surface area (Å²) in [6, 6.07) is 0. The van der Waals surface area contributed by atoms with Gasteiger partial charge in [-0.3, -0.25) is 4.99 Å². The van der Waals surface area contributed by atoms with Gasteiger partial charge in [-0.15, -0.1) is 24.0 Å². The van der Waals surface area contributed by atoms with Crippen molar-refractivity contribution in [2.75, 3.05) is 26.2 Å². The summed E-state index contributed by atoms with van der Waals surface area (Å²) in [6.07, 6.45) is 6.63. The van der Waals surface area contributed by atoms with Gasteiger partial charge in [-0.25, -0.2) is 0 Å². The zero-order chi connectivity index (χ0) is 12.5. The lowest BCUT2D eigenvalue weighted by atomic mass is 10.3. The molecule has 0 aromatic rings. The van der Waals surface area contributed by atoms with Crippen LogP contribution >= 0.6 is 24.0 Å². The Balaban J connectivity index is 0.00000289. The number of halogens is 1. The van der Waals surface area contributed by atoms with E-state index in [9.17, 15) is 0 Å². The first-order valence-corrected chi connectivity index (χ1v) is 6.94. The first kappa shape index (κ1) is 18.0. The Hall–Kier alpha value is -0.0400. The summed E-state index contributed by atoms with van der Waals surface area (Å²) >= 11 is 0. The van der Waals surface area contributed by atoms with Crippen LogP contribution in [0.15, 0.2) is 4.99 Å². The molecular weight excluding hydrogens is 341 g/mol. The highest BCUT2D eigenvalue weighted by atomic mass is 127. The summed E-state index contributed by atoms with van der Waals surface area (Å²) in [5, 5.41) is 0. The fraction of sp³-hybridized carbons (Fsp3) is 0.923. The summed E-state index contributed by atoms with van der Waals surface area (Å²) in [6.45, 7) is 7.62. The Morgan fingerprint density at radius 2 is 1.89 bits per heavy atom. The van der Waals surface area contributed by atoms with Crippen molar-refractivity contribution in [3.05, 3.63) is 0 Å². The zero-order valence-electron chi connectivity index (χ0n) is 11.7. The van der Waals surface area contributed by atoms with E-state index in [1.54, 1.807) is 0 Å². The van der Waals surface area contributed by atoms with E-state index in [-0.39, 0.29) is 24.0 Å². The summed E-state index contributed by atoms with van der Waals surface area (Å²) in [7, 11) is 0. The molecule has 0 heterocycles. The fourth-order valence-electron chi connectivity index (χ4n) is 2.21. The quantitative estimate of drug-likeness (QED) is 0.325. The molecule has 0 aromatic heterocycles. The van der Waals surface area contributed by atoms with Gasteiger partial charge >= 0.3 is 0 Å². The van der Waals surface area contributed by atoms with Gasteiger partial charge in [0.2, 0.25) is 0 Å². The minimum atomic E-state index is 0. The van der Waals surface area contributed by atoms with E-state index in [0.29, 0.717) is 12.1 Å². The van der Waals surface area contributed by atoms with E-state index >= 15 is 0 Å². The molecule has 0 aliphatic heterocycles. The van der Waals surface area contributed by atoms with E-state index in [0.717, 1.165) is 32.7 Å². The first-order valence-electron chi connectivity index (χ1n) is 6.94. The van der Waals surface area contributed by atoms with Crippen LogP contribution < -0.4 is 5.73 Å². The van der Waals surface area contributed by atoms with Crippen molar-refractivity contribution >= 4 is 29.9 Å². The van der Waals surface area contributed by atoms with Crippen molar-refractivity contribution in [2.45, 2.75) is 52.1 Å². The second-order valence-electron chi connectivity index (χ2n) is 4.54. The SMILES string of the molecule is CCN(CC)C(N)=NCCCOC1CCCC1.I. The van der Waals surface area contributed by atoms with Crippen molar-refractivity contribution in [2.24, 2.45) is 10.7 Å². The van der Waals surface area contributed by atoms with E-state index in [1.807, 2.05) is 0 Å². The monoisotopic (exact) mass is 369 g/mol. The highest BCUT2D eigenvalue weighted by Gasteiger charge is 2.14. The number of nitrogens with zero attached hydrogens (tertiary/aromatic N) is 2. The summed E-state index contributed by atoms with van der Waals surface area (Å²) in [4.78, 5) is 6.44. The van der Waals surface area contributed by atoms with Crippen LogP contribution in [-0.4, -0.2) is 43.2 Å². The van der Waals surface area contributed by atoms with Crippen molar-refractivity contribution in [3.63, 3.8) is 0 Å². The lowest BCUT2D eigenvalue weighted by molar-refractivity contribution is 0.0579. The van der Waals surface area contributed by atoms with Crippen LogP contribution in [-0.2, 0) is 4.74 Å². The van der Waals surface area contributed by atoms with Crippen LogP contribution in [0.25, 0.3) is 0 Å². The molecule has 5 heteroatoms. The van der Waals surface area contributed by atoms with Crippen LogP contribution in [0, 0.1) is 0 Å². The molecule has 1 rings (SSSR count). The number of ether oxygens (including phenoxy) is 1. The topological polar surface area (TPSA) is 50.8 Å². The Morgan fingerprint density at radius 1 is 1.28 bits per heavy atom. The molecule has 2 N–H and O–H groups in total. The van der Waals surface area contributed by atoms with Crippen molar-refractivity contribution in [1.82, 2.24) is 4.90 Å². The Kier molecular flexibility index (Phi) is 10.8. The average molecular weight is 369 g/mol. The molecule has 0 saturated heterocycles. The molecule has 1 aliphatic rings. The molecule has 0 unspecified atom stereocenters. The Bertz CT molecular complexity index is 226. The summed E-state index contributed by atoms with van der Waals surface area (Å²) in [5.41, 5.74) is 5.88. The van der Waals surface area contributed by atoms with Crippen LogP contribution in [0.3, 0.4) is 0 Å². The minimum Gasteiger partial charge on any atom is -0.378 e. The summed E-state index contributed by atoms with van der Waals surface area (Å²) < 4.78 is 5.77. The molecule has 4 nitrogen and oxygen atoms in total. The lowest BCUT2D eigenvalue weighted by Gasteiger charge is -2.19. The molecule has 0 aromatic carbocycles. The lowest BCUT2D eigenvalue weighted by Crippen LogP contribution is -2.37. The van der Waals surface area contributed by atoms with Gasteiger partial charge in [-0.2, -0.15) is 0 Å². The van der Waals surface area contributed by atoms with Crippen LogP contribution in [0.5, 0.6) is 0 Å². The second-order valence-corrected chi connectivity index (χ2v) is 4.54. The van der Waals surface area contributed by atoms with Gasteiger partial charge < -0.3 is 15.4 Å².